The van der Waals surface area contributed by atoms with E-state index in [1.165, 1.54) is 0 Å². The lowest BCUT2D eigenvalue weighted by Gasteiger charge is -2.07. The molecule has 0 aliphatic heterocycles. The molecule has 0 radical (unpaired) electrons. The summed E-state index contributed by atoms with van der Waals surface area (Å²) in [6.45, 7) is 2.91. The third-order valence-corrected chi connectivity index (χ3v) is 2.72. The van der Waals surface area contributed by atoms with Crippen molar-refractivity contribution in [2.75, 3.05) is 13.2 Å². The monoisotopic (exact) mass is 339 g/mol. The Morgan fingerprint density at radius 2 is 2.42 bits per heavy atom. The average Bonchev–Trinajstić information content (AvgIpc) is 2.38. The summed E-state index contributed by atoms with van der Waals surface area (Å²) in [6.07, 6.45) is 6.80. The number of thiocarbonyl (C=S) groups is 1. The highest BCUT2D eigenvalue weighted by atomic mass is 79.9. The molecule has 2 N–H and O–H groups in total. The minimum atomic E-state index is 0.214. The Bertz CT molecular complexity index is 511. The molecule has 1 rings (SSSR count). The summed E-state index contributed by atoms with van der Waals surface area (Å²) < 4.78 is 6.35. The van der Waals surface area contributed by atoms with Crippen LogP contribution in [0.2, 0.25) is 0 Å². The van der Waals surface area contributed by atoms with Gasteiger partial charge in [0.1, 0.15) is 12.4 Å². The number of hydrogen-bond donors (Lipinski definition) is 2. The van der Waals surface area contributed by atoms with Gasteiger partial charge in [0.05, 0.1) is 6.21 Å². The number of hydrogen-bond acceptors (Lipinski definition) is 3. The number of terminal acetylenes is 1. The van der Waals surface area contributed by atoms with Gasteiger partial charge in [-0.05, 0) is 37.3 Å². The first-order chi connectivity index (χ1) is 9.17. The van der Waals surface area contributed by atoms with Crippen LogP contribution in [0.1, 0.15) is 12.5 Å². The van der Waals surface area contributed by atoms with E-state index in [1.807, 2.05) is 25.1 Å². The molecule has 0 aliphatic carbocycles. The molecular weight excluding hydrogens is 326 g/mol. The van der Waals surface area contributed by atoms with Gasteiger partial charge in [0.25, 0.3) is 0 Å². The van der Waals surface area contributed by atoms with Crippen LogP contribution in [0.5, 0.6) is 5.75 Å². The molecule has 0 aliphatic rings. The third kappa shape index (κ3) is 5.73. The molecule has 0 bridgehead atoms. The first-order valence-corrected chi connectivity index (χ1v) is 6.80. The number of benzene rings is 1. The number of halogens is 1. The van der Waals surface area contributed by atoms with Crippen LogP contribution in [0.3, 0.4) is 0 Å². The van der Waals surface area contributed by atoms with Crippen molar-refractivity contribution in [1.29, 1.82) is 0 Å². The first-order valence-electron chi connectivity index (χ1n) is 5.60. The molecule has 19 heavy (non-hydrogen) atoms. The van der Waals surface area contributed by atoms with Gasteiger partial charge < -0.3 is 10.1 Å². The zero-order chi connectivity index (χ0) is 14.1. The molecule has 0 aromatic heterocycles. The van der Waals surface area contributed by atoms with Gasteiger partial charge in [-0.25, -0.2) is 0 Å². The fourth-order valence-corrected chi connectivity index (χ4v) is 1.81. The van der Waals surface area contributed by atoms with Gasteiger partial charge in [0, 0.05) is 16.6 Å². The first kappa shape index (κ1) is 15.5. The number of hydrazone groups is 1. The fourth-order valence-electron chi connectivity index (χ4n) is 1.23. The van der Waals surface area contributed by atoms with Crippen LogP contribution >= 0.6 is 28.1 Å². The molecule has 0 saturated heterocycles. The lowest BCUT2D eigenvalue weighted by Crippen LogP contribution is -2.31. The van der Waals surface area contributed by atoms with Crippen molar-refractivity contribution in [3.8, 4) is 18.1 Å². The Labute approximate surface area is 126 Å². The summed E-state index contributed by atoms with van der Waals surface area (Å²) in [5.74, 6) is 3.09. The van der Waals surface area contributed by atoms with Crippen molar-refractivity contribution in [3.05, 3.63) is 28.2 Å². The molecule has 0 amide bonds. The van der Waals surface area contributed by atoms with Crippen LogP contribution in [-0.4, -0.2) is 24.5 Å². The van der Waals surface area contributed by atoms with E-state index >= 15 is 0 Å². The van der Waals surface area contributed by atoms with Gasteiger partial charge in [0.15, 0.2) is 5.11 Å². The van der Waals surface area contributed by atoms with Crippen molar-refractivity contribution >= 4 is 39.5 Å². The van der Waals surface area contributed by atoms with Gasteiger partial charge >= 0.3 is 0 Å². The van der Waals surface area contributed by atoms with Gasteiger partial charge in [-0.15, -0.1) is 6.42 Å². The molecule has 1 aromatic rings. The number of rotatable bonds is 5. The average molecular weight is 340 g/mol. The second-order valence-electron chi connectivity index (χ2n) is 3.40. The van der Waals surface area contributed by atoms with Crippen LogP contribution in [-0.2, 0) is 0 Å². The van der Waals surface area contributed by atoms with E-state index in [1.54, 1.807) is 6.21 Å². The van der Waals surface area contributed by atoms with E-state index in [9.17, 15) is 0 Å². The molecular formula is C13H14BrN3OS. The Morgan fingerprint density at radius 1 is 1.63 bits per heavy atom. The smallest absolute Gasteiger partial charge is 0.186 e. The SMILES string of the molecule is C#CCOc1ccc(Br)cc1/C=N\NC(=S)NCC. The predicted molar refractivity (Wildman–Crippen MR) is 85.5 cm³/mol. The standard InChI is InChI=1S/C13H14BrN3OS/c1-3-7-18-12-6-5-11(14)8-10(12)9-16-17-13(19)15-4-2/h1,5-6,8-9H,4,7H2,2H3,(H2,15,17,19)/b16-9-. The lowest BCUT2D eigenvalue weighted by molar-refractivity contribution is 0.370. The maximum absolute atomic E-state index is 5.42. The number of nitrogens with zero attached hydrogens (tertiary/aromatic N) is 1. The van der Waals surface area contributed by atoms with Crippen molar-refractivity contribution in [2.45, 2.75) is 6.92 Å². The quantitative estimate of drug-likeness (QED) is 0.374. The van der Waals surface area contributed by atoms with E-state index in [0.29, 0.717) is 10.9 Å². The summed E-state index contributed by atoms with van der Waals surface area (Å²) in [6, 6.07) is 5.58. The van der Waals surface area contributed by atoms with E-state index in [2.05, 4.69) is 37.7 Å². The van der Waals surface area contributed by atoms with Crippen LogP contribution < -0.4 is 15.5 Å². The highest BCUT2D eigenvalue weighted by Gasteiger charge is 2.02. The Hall–Kier alpha value is -1.58. The van der Waals surface area contributed by atoms with Crippen molar-refractivity contribution in [2.24, 2.45) is 5.10 Å². The molecule has 6 heteroatoms. The number of nitrogens with one attached hydrogen (secondary N) is 2. The van der Waals surface area contributed by atoms with Gasteiger partial charge in [-0.2, -0.15) is 5.10 Å². The maximum Gasteiger partial charge on any atom is 0.186 e. The second kappa shape index (κ2) is 8.51. The van der Waals surface area contributed by atoms with E-state index < -0.39 is 0 Å². The normalized spacial score (nSPS) is 9.95. The van der Waals surface area contributed by atoms with E-state index in [0.717, 1.165) is 16.6 Å². The molecule has 0 saturated carbocycles. The minimum Gasteiger partial charge on any atom is -0.480 e. The second-order valence-corrected chi connectivity index (χ2v) is 4.73. The molecule has 0 fully saturated rings. The third-order valence-electron chi connectivity index (χ3n) is 1.99. The van der Waals surface area contributed by atoms with Crippen LogP contribution in [0.25, 0.3) is 0 Å². The number of ether oxygens (including phenoxy) is 1. The summed E-state index contributed by atoms with van der Waals surface area (Å²) in [4.78, 5) is 0. The summed E-state index contributed by atoms with van der Waals surface area (Å²) in [7, 11) is 0. The van der Waals surface area contributed by atoms with Crippen molar-refractivity contribution < 1.29 is 4.74 Å². The zero-order valence-electron chi connectivity index (χ0n) is 10.4. The van der Waals surface area contributed by atoms with Crippen molar-refractivity contribution in [3.63, 3.8) is 0 Å². The molecule has 0 atom stereocenters. The molecule has 4 nitrogen and oxygen atoms in total. The summed E-state index contributed by atoms with van der Waals surface area (Å²) in [5, 5.41) is 7.44. The molecule has 0 heterocycles. The molecule has 0 unspecified atom stereocenters. The van der Waals surface area contributed by atoms with E-state index in [-0.39, 0.29) is 6.61 Å². The Kier molecular flexibility index (Phi) is 6.93. The van der Waals surface area contributed by atoms with E-state index in [4.69, 9.17) is 23.4 Å². The maximum atomic E-state index is 5.42. The van der Waals surface area contributed by atoms with Gasteiger partial charge in [-0.3, -0.25) is 5.43 Å². The van der Waals surface area contributed by atoms with Crippen molar-refractivity contribution in [1.82, 2.24) is 10.7 Å². The van der Waals surface area contributed by atoms with Crippen LogP contribution in [0.4, 0.5) is 0 Å². The predicted octanol–water partition coefficient (Wildman–Crippen LogP) is 2.28. The van der Waals surface area contributed by atoms with Gasteiger partial charge in [0.2, 0.25) is 0 Å². The Balaban J connectivity index is 2.75. The molecule has 100 valence electrons. The summed E-state index contributed by atoms with van der Waals surface area (Å²) in [5.41, 5.74) is 3.52. The van der Waals surface area contributed by atoms with Crippen LogP contribution in [0, 0.1) is 12.3 Å². The largest absolute Gasteiger partial charge is 0.480 e. The summed E-state index contributed by atoms with van der Waals surface area (Å²) >= 11 is 8.39. The molecule has 0 spiro atoms. The molecule has 1 aromatic carbocycles. The highest BCUT2D eigenvalue weighted by molar-refractivity contribution is 9.10. The lowest BCUT2D eigenvalue weighted by atomic mass is 10.2. The Morgan fingerprint density at radius 3 is 3.11 bits per heavy atom. The highest BCUT2D eigenvalue weighted by Crippen LogP contribution is 2.21. The topological polar surface area (TPSA) is 45.6 Å². The van der Waals surface area contributed by atoms with Crippen LogP contribution in [0.15, 0.2) is 27.8 Å². The minimum absolute atomic E-state index is 0.214. The zero-order valence-corrected chi connectivity index (χ0v) is 12.8. The van der Waals surface area contributed by atoms with Gasteiger partial charge in [-0.1, -0.05) is 21.9 Å². The fraction of sp³-hybridized carbons (Fsp3) is 0.231.